The predicted octanol–water partition coefficient (Wildman–Crippen LogP) is 1.10. The van der Waals surface area contributed by atoms with E-state index in [1.54, 1.807) is 0 Å². The van der Waals surface area contributed by atoms with Crippen molar-refractivity contribution in [3.63, 3.8) is 0 Å². The van der Waals surface area contributed by atoms with E-state index < -0.39 is 15.1 Å². The lowest BCUT2D eigenvalue weighted by Crippen LogP contribution is -2.29. The highest BCUT2D eigenvalue weighted by Gasteiger charge is 2.30. The van der Waals surface area contributed by atoms with Gasteiger partial charge in [-0.2, -0.15) is 0 Å². The molecular formula is C9H14O3S. The zero-order chi connectivity index (χ0) is 9.90. The van der Waals surface area contributed by atoms with Gasteiger partial charge >= 0.3 is 0 Å². The second-order valence-corrected chi connectivity index (χ2v) is 5.68. The summed E-state index contributed by atoms with van der Waals surface area (Å²) in [4.78, 5) is 10.2. The molecule has 0 aromatic carbocycles. The summed E-state index contributed by atoms with van der Waals surface area (Å²) in [6, 6.07) is 0. The third-order valence-corrected chi connectivity index (χ3v) is 4.67. The molecule has 1 aliphatic heterocycles. The lowest BCUT2D eigenvalue weighted by molar-refractivity contribution is -0.107. The number of sulfone groups is 1. The Morgan fingerprint density at radius 2 is 2.15 bits per heavy atom. The number of hydrogen-bond donors (Lipinski definition) is 0. The maximum Gasteiger partial charge on any atom is 0.156 e. The normalized spacial score (nSPS) is 26.6. The molecule has 1 rings (SSSR count). The summed E-state index contributed by atoms with van der Waals surface area (Å²) in [6.07, 6.45) is 3.18. The van der Waals surface area contributed by atoms with E-state index in [2.05, 4.69) is 6.58 Å². The lowest BCUT2D eigenvalue weighted by Gasteiger charge is -2.23. The van der Waals surface area contributed by atoms with Crippen LogP contribution in [-0.2, 0) is 14.6 Å². The van der Waals surface area contributed by atoms with Crippen LogP contribution in [0.15, 0.2) is 12.2 Å². The van der Waals surface area contributed by atoms with E-state index in [9.17, 15) is 13.2 Å². The van der Waals surface area contributed by atoms with Crippen molar-refractivity contribution >= 4 is 16.1 Å². The molecule has 1 unspecified atom stereocenters. The third kappa shape index (κ3) is 2.40. The maximum absolute atomic E-state index is 11.5. The van der Waals surface area contributed by atoms with Crippen LogP contribution in [0.25, 0.3) is 0 Å². The summed E-state index contributed by atoms with van der Waals surface area (Å²) >= 11 is 0. The second kappa shape index (κ2) is 4.05. The van der Waals surface area contributed by atoms with E-state index in [0.29, 0.717) is 18.3 Å². The van der Waals surface area contributed by atoms with Gasteiger partial charge in [-0.25, -0.2) is 8.42 Å². The number of hydrogen-bond acceptors (Lipinski definition) is 3. The Hall–Kier alpha value is -0.640. The molecule has 1 fully saturated rings. The van der Waals surface area contributed by atoms with Crippen LogP contribution in [-0.4, -0.2) is 25.7 Å². The van der Waals surface area contributed by atoms with Gasteiger partial charge in [0.15, 0.2) is 9.84 Å². The third-order valence-electron chi connectivity index (χ3n) is 2.38. The average molecular weight is 202 g/mol. The smallest absolute Gasteiger partial charge is 0.156 e. The highest BCUT2D eigenvalue weighted by molar-refractivity contribution is 7.92. The van der Waals surface area contributed by atoms with Gasteiger partial charge in [0, 0.05) is 6.42 Å². The molecule has 0 amide bonds. The fourth-order valence-corrected chi connectivity index (χ4v) is 3.67. The van der Waals surface area contributed by atoms with Gasteiger partial charge in [-0.05, 0) is 12.8 Å². The Morgan fingerprint density at radius 3 is 2.69 bits per heavy atom. The van der Waals surface area contributed by atoms with Gasteiger partial charge in [-0.1, -0.05) is 18.6 Å². The Bertz CT molecular complexity index is 303. The quantitative estimate of drug-likeness (QED) is 0.508. The Balaban J connectivity index is 2.77. The van der Waals surface area contributed by atoms with Crippen LogP contribution in [0.4, 0.5) is 0 Å². The molecule has 0 N–H and O–H groups in total. The van der Waals surface area contributed by atoms with Crippen molar-refractivity contribution < 1.29 is 13.2 Å². The molecule has 0 spiro atoms. The van der Waals surface area contributed by atoms with Crippen molar-refractivity contribution in [1.82, 2.24) is 0 Å². The van der Waals surface area contributed by atoms with Crippen LogP contribution >= 0.6 is 0 Å². The van der Waals surface area contributed by atoms with Crippen molar-refractivity contribution in [2.75, 3.05) is 5.75 Å². The zero-order valence-corrected chi connectivity index (χ0v) is 8.35. The van der Waals surface area contributed by atoms with Crippen LogP contribution in [0.5, 0.6) is 0 Å². The molecule has 4 heteroatoms. The highest BCUT2D eigenvalue weighted by atomic mass is 32.2. The maximum atomic E-state index is 11.5. The molecule has 3 nitrogen and oxygen atoms in total. The fraction of sp³-hybridized carbons (Fsp3) is 0.667. The number of rotatable bonds is 3. The molecule has 74 valence electrons. The van der Waals surface area contributed by atoms with Crippen LogP contribution in [0, 0.1) is 0 Å². The van der Waals surface area contributed by atoms with E-state index in [-0.39, 0.29) is 12.2 Å². The Morgan fingerprint density at radius 1 is 1.46 bits per heavy atom. The summed E-state index contributed by atoms with van der Waals surface area (Å²) in [5, 5.41) is -0.466. The molecule has 1 saturated heterocycles. The summed E-state index contributed by atoms with van der Waals surface area (Å²) in [6.45, 7) is 3.65. The summed E-state index contributed by atoms with van der Waals surface area (Å²) in [7, 11) is -3.00. The van der Waals surface area contributed by atoms with E-state index in [1.807, 2.05) is 0 Å². The first-order chi connectivity index (χ1) is 6.08. The fourth-order valence-electron chi connectivity index (χ4n) is 1.65. The Kier molecular flexibility index (Phi) is 3.25. The van der Waals surface area contributed by atoms with Gasteiger partial charge < -0.3 is 4.79 Å². The van der Waals surface area contributed by atoms with Crippen molar-refractivity contribution in [1.29, 1.82) is 0 Å². The topological polar surface area (TPSA) is 51.2 Å². The van der Waals surface area contributed by atoms with Gasteiger partial charge in [0.05, 0.1) is 11.0 Å². The standard InChI is InChI=1S/C9H14O3S/c1-8(5-6-10)9-4-2-3-7-13(9,11)12/h6,9H,1-5,7H2. The van der Waals surface area contributed by atoms with Gasteiger partial charge in [0.2, 0.25) is 0 Å². The first-order valence-corrected chi connectivity index (χ1v) is 6.12. The van der Waals surface area contributed by atoms with Crippen molar-refractivity contribution in [2.45, 2.75) is 30.9 Å². The number of carbonyl (C=O) groups is 1. The minimum Gasteiger partial charge on any atom is -0.303 e. The summed E-state index contributed by atoms with van der Waals surface area (Å²) in [5.41, 5.74) is 0.551. The Labute approximate surface area is 78.8 Å². The molecule has 1 heterocycles. The molecule has 0 aliphatic carbocycles. The van der Waals surface area contributed by atoms with E-state index in [1.165, 1.54) is 0 Å². The van der Waals surface area contributed by atoms with Gasteiger partial charge in [-0.15, -0.1) is 0 Å². The number of aldehydes is 1. The van der Waals surface area contributed by atoms with Crippen molar-refractivity contribution in [3.8, 4) is 0 Å². The number of carbonyl (C=O) groups excluding carboxylic acids is 1. The van der Waals surface area contributed by atoms with Crippen LogP contribution in [0.1, 0.15) is 25.7 Å². The van der Waals surface area contributed by atoms with E-state index in [0.717, 1.165) is 12.8 Å². The van der Waals surface area contributed by atoms with Crippen LogP contribution < -0.4 is 0 Å². The molecule has 0 bridgehead atoms. The van der Waals surface area contributed by atoms with Crippen molar-refractivity contribution in [2.24, 2.45) is 0 Å². The minimum atomic E-state index is -3.00. The summed E-state index contributed by atoms with van der Waals surface area (Å²) < 4.78 is 23.0. The molecule has 0 radical (unpaired) electrons. The van der Waals surface area contributed by atoms with E-state index in [4.69, 9.17) is 0 Å². The van der Waals surface area contributed by atoms with E-state index >= 15 is 0 Å². The first-order valence-electron chi connectivity index (χ1n) is 4.41. The first kappa shape index (κ1) is 10.4. The molecule has 1 atom stereocenters. The summed E-state index contributed by atoms with van der Waals surface area (Å²) in [5.74, 6) is 0.246. The second-order valence-electron chi connectivity index (χ2n) is 3.38. The minimum absolute atomic E-state index is 0.171. The SMILES string of the molecule is C=C(CC=O)C1CCCCS1(=O)=O. The average Bonchev–Trinajstić information content (AvgIpc) is 2.03. The van der Waals surface area contributed by atoms with Crippen LogP contribution in [0.2, 0.25) is 0 Å². The molecule has 13 heavy (non-hydrogen) atoms. The molecule has 1 aliphatic rings. The highest BCUT2D eigenvalue weighted by Crippen LogP contribution is 2.25. The molecule has 0 saturated carbocycles. The van der Waals surface area contributed by atoms with Gasteiger partial charge in [0.25, 0.3) is 0 Å². The zero-order valence-electron chi connectivity index (χ0n) is 7.53. The van der Waals surface area contributed by atoms with Crippen LogP contribution in [0.3, 0.4) is 0 Å². The monoisotopic (exact) mass is 202 g/mol. The van der Waals surface area contributed by atoms with Gasteiger partial charge in [0.1, 0.15) is 6.29 Å². The molecule has 0 aromatic rings. The predicted molar refractivity (Wildman–Crippen MR) is 51.2 cm³/mol. The van der Waals surface area contributed by atoms with Gasteiger partial charge in [-0.3, -0.25) is 0 Å². The molecule has 0 aromatic heterocycles. The largest absolute Gasteiger partial charge is 0.303 e. The van der Waals surface area contributed by atoms with Crippen molar-refractivity contribution in [3.05, 3.63) is 12.2 Å². The lowest BCUT2D eigenvalue weighted by atomic mass is 10.1. The molecular weight excluding hydrogens is 188 g/mol.